The van der Waals surface area contributed by atoms with Crippen LogP contribution in [0.1, 0.15) is 15.9 Å². The lowest BCUT2D eigenvalue weighted by molar-refractivity contribution is 0.112. The van der Waals surface area contributed by atoms with E-state index in [0.29, 0.717) is 17.5 Å². The normalized spacial score (nSPS) is 11.0. The van der Waals surface area contributed by atoms with Crippen LogP contribution in [0.4, 0.5) is 5.69 Å². The van der Waals surface area contributed by atoms with Crippen molar-refractivity contribution in [1.29, 1.82) is 0 Å². The lowest BCUT2D eigenvalue weighted by atomic mass is 10.1. The maximum atomic E-state index is 10.9. The van der Waals surface area contributed by atoms with E-state index in [-0.39, 0.29) is 0 Å². The van der Waals surface area contributed by atoms with Gasteiger partial charge in [0.25, 0.3) is 0 Å². The number of nitrogens with one attached hydrogen (secondary N) is 1. The van der Waals surface area contributed by atoms with Crippen LogP contribution in [-0.2, 0) is 10.0 Å². The van der Waals surface area contributed by atoms with Crippen molar-refractivity contribution in [2.24, 2.45) is 0 Å². The first-order valence-electron chi connectivity index (χ1n) is 3.96. The van der Waals surface area contributed by atoms with Crippen LogP contribution in [0.3, 0.4) is 0 Å². The first-order valence-corrected chi connectivity index (χ1v) is 5.85. The lowest BCUT2D eigenvalue weighted by Crippen LogP contribution is -2.09. The quantitative estimate of drug-likeness (QED) is 0.767. The molecule has 0 heterocycles. The van der Waals surface area contributed by atoms with Crippen LogP contribution >= 0.6 is 0 Å². The molecular formula is C9H11NO3S. The molecule has 14 heavy (non-hydrogen) atoms. The minimum atomic E-state index is -3.28. The van der Waals surface area contributed by atoms with Gasteiger partial charge >= 0.3 is 0 Å². The molecule has 0 radical (unpaired) electrons. The zero-order valence-corrected chi connectivity index (χ0v) is 8.76. The largest absolute Gasteiger partial charge is 0.298 e. The maximum Gasteiger partial charge on any atom is 0.229 e. The number of aryl methyl sites for hydroxylation is 1. The molecule has 0 aromatic heterocycles. The van der Waals surface area contributed by atoms with Gasteiger partial charge in [0.2, 0.25) is 10.0 Å². The Balaban J connectivity index is 3.07. The molecule has 4 nitrogen and oxygen atoms in total. The first-order chi connectivity index (χ1) is 6.42. The summed E-state index contributed by atoms with van der Waals surface area (Å²) in [5.41, 5.74) is 1.71. The van der Waals surface area contributed by atoms with Crippen LogP contribution < -0.4 is 4.72 Å². The highest BCUT2D eigenvalue weighted by molar-refractivity contribution is 7.92. The van der Waals surface area contributed by atoms with Gasteiger partial charge in [-0.15, -0.1) is 0 Å². The molecule has 0 spiro atoms. The summed E-state index contributed by atoms with van der Waals surface area (Å²) in [4.78, 5) is 10.6. The predicted octanol–water partition coefficient (Wildman–Crippen LogP) is 1.18. The molecule has 0 aliphatic rings. The zero-order chi connectivity index (χ0) is 10.8. The first kappa shape index (κ1) is 10.7. The molecule has 76 valence electrons. The summed E-state index contributed by atoms with van der Waals surface area (Å²) >= 11 is 0. The molecule has 0 atom stereocenters. The number of benzene rings is 1. The van der Waals surface area contributed by atoms with Crippen LogP contribution in [0, 0.1) is 6.92 Å². The van der Waals surface area contributed by atoms with Crippen molar-refractivity contribution in [3.05, 3.63) is 29.3 Å². The number of rotatable bonds is 3. The smallest absolute Gasteiger partial charge is 0.229 e. The molecule has 1 N–H and O–H groups in total. The topological polar surface area (TPSA) is 63.2 Å². The Morgan fingerprint density at radius 2 is 2.00 bits per heavy atom. The minimum Gasteiger partial charge on any atom is -0.298 e. The van der Waals surface area contributed by atoms with Crippen LogP contribution in [0.15, 0.2) is 18.2 Å². The van der Waals surface area contributed by atoms with E-state index in [2.05, 4.69) is 4.72 Å². The fourth-order valence-electron chi connectivity index (χ4n) is 1.05. The van der Waals surface area contributed by atoms with Gasteiger partial charge in [-0.3, -0.25) is 9.52 Å². The van der Waals surface area contributed by atoms with E-state index in [1.807, 2.05) is 0 Å². The second kappa shape index (κ2) is 3.79. The maximum absolute atomic E-state index is 10.9. The van der Waals surface area contributed by atoms with Gasteiger partial charge in [-0.05, 0) is 24.6 Å². The molecule has 0 aliphatic carbocycles. The Morgan fingerprint density at radius 3 is 2.50 bits per heavy atom. The fourth-order valence-corrected chi connectivity index (χ4v) is 1.60. The van der Waals surface area contributed by atoms with Crippen LogP contribution in [0.25, 0.3) is 0 Å². The second-order valence-electron chi connectivity index (χ2n) is 3.06. The molecule has 0 fully saturated rings. The highest BCUT2D eigenvalue weighted by Crippen LogP contribution is 2.14. The van der Waals surface area contributed by atoms with Gasteiger partial charge in [0.05, 0.1) is 6.26 Å². The number of aldehydes is 1. The molecule has 0 saturated heterocycles. The van der Waals surface area contributed by atoms with Gasteiger partial charge in [-0.1, -0.05) is 6.07 Å². The lowest BCUT2D eigenvalue weighted by Gasteiger charge is -2.05. The van der Waals surface area contributed by atoms with Crippen LogP contribution in [-0.4, -0.2) is 21.0 Å². The van der Waals surface area contributed by atoms with Crippen LogP contribution in [0.2, 0.25) is 0 Å². The zero-order valence-electron chi connectivity index (χ0n) is 7.94. The molecule has 1 aromatic carbocycles. The van der Waals surface area contributed by atoms with Crippen molar-refractivity contribution in [2.75, 3.05) is 11.0 Å². The molecule has 5 heteroatoms. The second-order valence-corrected chi connectivity index (χ2v) is 4.81. The van der Waals surface area contributed by atoms with E-state index in [1.165, 1.54) is 6.07 Å². The number of carbonyl (C=O) groups excluding carboxylic acids is 1. The van der Waals surface area contributed by atoms with E-state index in [4.69, 9.17) is 0 Å². The summed E-state index contributed by atoms with van der Waals surface area (Å²) in [6.45, 7) is 1.79. The Bertz CT molecular complexity index is 451. The fraction of sp³-hybridized carbons (Fsp3) is 0.222. The molecule has 0 unspecified atom stereocenters. The average molecular weight is 213 g/mol. The summed E-state index contributed by atoms with van der Waals surface area (Å²) in [6, 6.07) is 4.81. The highest BCUT2D eigenvalue weighted by Gasteiger charge is 2.03. The van der Waals surface area contributed by atoms with Gasteiger partial charge in [0.1, 0.15) is 6.29 Å². The van der Waals surface area contributed by atoms with Gasteiger partial charge in [0.15, 0.2) is 0 Å². The van der Waals surface area contributed by atoms with Gasteiger partial charge < -0.3 is 0 Å². The third kappa shape index (κ3) is 2.85. The Morgan fingerprint density at radius 1 is 1.36 bits per heavy atom. The predicted molar refractivity (Wildman–Crippen MR) is 55.0 cm³/mol. The van der Waals surface area contributed by atoms with Gasteiger partial charge in [0, 0.05) is 11.3 Å². The standard InChI is InChI=1S/C9H11NO3S/c1-7-3-4-9(5-8(7)6-11)10-14(2,12)13/h3-6,10H,1-2H3. The Kier molecular flexibility index (Phi) is 2.90. The summed E-state index contributed by atoms with van der Waals surface area (Å²) in [7, 11) is -3.28. The number of carbonyl (C=O) groups is 1. The van der Waals surface area contributed by atoms with Gasteiger partial charge in [-0.25, -0.2) is 8.42 Å². The number of anilines is 1. The van der Waals surface area contributed by atoms with E-state index in [1.54, 1.807) is 19.1 Å². The molecule has 0 bridgehead atoms. The van der Waals surface area contributed by atoms with E-state index in [9.17, 15) is 13.2 Å². The molecule has 1 aromatic rings. The SMILES string of the molecule is Cc1ccc(NS(C)(=O)=O)cc1C=O. The number of hydrogen-bond acceptors (Lipinski definition) is 3. The van der Waals surface area contributed by atoms with Gasteiger partial charge in [-0.2, -0.15) is 0 Å². The van der Waals surface area contributed by atoms with Crippen molar-refractivity contribution >= 4 is 22.0 Å². The molecule has 0 amide bonds. The van der Waals surface area contributed by atoms with E-state index < -0.39 is 10.0 Å². The van der Waals surface area contributed by atoms with Crippen molar-refractivity contribution in [1.82, 2.24) is 0 Å². The molecule has 0 aliphatic heterocycles. The van der Waals surface area contributed by atoms with Crippen molar-refractivity contribution in [2.45, 2.75) is 6.92 Å². The summed E-state index contributed by atoms with van der Waals surface area (Å²) in [6.07, 6.45) is 1.76. The molecule has 0 saturated carbocycles. The van der Waals surface area contributed by atoms with Crippen molar-refractivity contribution < 1.29 is 13.2 Å². The average Bonchev–Trinajstić information content (AvgIpc) is 2.06. The van der Waals surface area contributed by atoms with Crippen molar-refractivity contribution in [3.63, 3.8) is 0 Å². The number of sulfonamides is 1. The summed E-state index contributed by atoms with van der Waals surface area (Å²) < 4.78 is 24.1. The Hall–Kier alpha value is -1.36. The van der Waals surface area contributed by atoms with Crippen molar-refractivity contribution in [3.8, 4) is 0 Å². The third-order valence-electron chi connectivity index (χ3n) is 1.71. The minimum absolute atomic E-state index is 0.403. The molecule has 1 rings (SSSR count). The number of hydrogen-bond donors (Lipinski definition) is 1. The van der Waals surface area contributed by atoms with Crippen LogP contribution in [0.5, 0.6) is 0 Å². The van der Waals surface area contributed by atoms with E-state index in [0.717, 1.165) is 11.8 Å². The summed E-state index contributed by atoms with van der Waals surface area (Å²) in [5, 5.41) is 0. The third-order valence-corrected chi connectivity index (χ3v) is 2.32. The monoisotopic (exact) mass is 213 g/mol. The van der Waals surface area contributed by atoms with E-state index >= 15 is 0 Å². The Labute approximate surface area is 83.0 Å². The molecular weight excluding hydrogens is 202 g/mol. The highest BCUT2D eigenvalue weighted by atomic mass is 32.2. The summed E-state index contributed by atoms with van der Waals surface area (Å²) in [5.74, 6) is 0.